The van der Waals surface area contributed by atoms with Gasteiger partial charge in [0.25, 0.3) is 11.5 Å². The summed E-state index contributed by atoms with van der Waals surface area (Å²) in [5.41, 5.74) is 5.11. The molecular formula is C27H25BrN4O3S2. The fourth-order valence-corrected chi connectivity index (χ4v) is 6.68. The van der Waals surface area contributed by atoms with Gasteiger partial charge in [0.2, 0.25) is 0 Å². The van der Waals surface area contributed by atoms with E-state index >= 15 is 0 Å². The zero-order valence-electron chi connectivity index (χ0n) is 20.2. The minimum Gasteiger partial charge on any atom is -0.493 e. The molecule has 0 saturated heterocycles. The highest BCUT2D eigenvalue weighted by molar-refractivity contribution is 9.10. The number of aromatic nitrogens is 2. The van der Waals surface area contributed by atoms with E-state index in [1.807, 2.05) is 55.5 Å². The molecule has 1 N–H and O–H groups in total. The van der Waals surface area contributed by atoms with Crippen LogP contribution in [0.2, 0.25) is 0 Å². The minimum absolute atomic E-state index is 0.0595. The molecule has 5 rings (SSSR count). The molecule has 1 aliphatic carbocycles. The summed E-state index contributed by atoms with van der Waals surface area (Å²) in [6.07, 6.45) is 5.68. The predicted molar refractivity (Wildman–Crippen MR) is 154 cm³/mol. The van der Waals surface area contributed by atoms with Gasteiger partial charge in [0.15, 0.2) is 5.16 Å². The number of rotatable bonds is 8. The fraction of sp³-hybridized carbons (Fsp3) is 0.259. The number of aryl methyl sites for hydroxylation is 2. The van der Waals surface area contributed by atoms with Crippen molar-refractivity contribution in [2.24, 2.45) is 5.10 Å². The third-order valence-electron chi connectivity index (χ3n) is 5.99. The third-order valence-corrected chi connectivity index (χ3v) is 8.64. The average Bonchev–Trinajstić information content (AvgIpc) is 3.28. The van der Waals surface area contributed by atoms with Gasteiger partial charge in [-0.1, -0.05) is 39.8 Å². The highest BCUT2D eigenvalue weighted by atomic mass is 79.9. The first-order valence-electron chi connectivity index (χ1n) is 12.0. The molecule has 1 amide bonds. The maximum Gasteiger partial charge on any atom is 0.267 e. The SMILES string of the molecule is CCOc1ccccc1C=NNC(=O)CSc1nc2sc3c(c2c(=O)n1-c1ccc(Br)cc1)CCCC3. The monoisotopic (exact) mass is 596 g/mol. The lowest BCUT2D eigenvalue weighted by atomic mass is 9.97. The number of benzene rings is 2. The number of hydrogen-bond donors (Lipinski definition) is 1. The Hall–Kier alpha value is -2.95. The summed E-state index contributed by atoms with van der Waals surface area (Å²) in [4.78, 5) is 33.3. The molecule has 0 aliphatic heterocycles. The number of thioether (sulfide) groups is 1. The van der Waals surface area contributed by atoms with Crippen molar-refractivity contribution in [2.75, 3.05) is 12.4 Å². The van der Waals surface area contributed by atoms with E-state index in [9.17, 15) is 9.59 Å². The van der Waals surface area contributed by atoms with Gasteiger partial charge in [-0.2, -0.15) is 5.10 Å². The van der Waals surface area contributed by atoms with Crippen LogP contribution in [0.1, 0.15) is 35.8 Å². The molecule has 0 radical (unpaired) electrons. The van der Waals surface area contributed by atoms with Gasteiger partial charge in [-0.25, -0.2) is 10.4 Å². The molecule has 10 heteroatoms. The van der Waals surface area contributed by atoms with E-state index in [2.05, 4.69) is 26.5 Å². The number of halogens is 1. The maximum atomic E-state index is 13.8. The van der Waals surface area contributed by atoms with Crippen LogP contribution in [0.4, 0.5) is 0 Å². The molecule has 0 atom stereocenters. The molecule has 0 spiro atoms. The highest BCUT2D eigenvalue weighted by Crippen LogP contribution is 2.35. The van der Waals surface area contributed by atoms with Crippen molar-refractivity contribution in [3.8, 4) is 11.4 Å². The van der Waals surface area contributed by atoms with Crippen LogP contribution in [0.25, 0.3) is 15.9 Å². The normalized spacial score (nSPS) is 13.1. The summed E-state index contributed by atoms with van der Waals surface area (Å²) in [6, 6.07) is 15.0. The van der Waals surface area contributed by atoms with Crippen molar-refractivity contribution in [3.05, 3.63) is 79.4 Å². The maximum absolute atomic E-state index is 13.8. The summed E-state index contributed by atoms with van der Waals surface area (Å²) >= 11 is 6.29. The van der Waals surface area contributed by atoms with Gasteiger partial charge in [-0.3, -0.25) is 14.2 Å². The number of amides is 1. The zero-order chi connectivity index (χ0) is 25.8. The summed E-state index contributed by atoms with van der Waals surface area (Å²) in [5, 5.41) is 5.29. The van der Waals surface area contributed by atoms with Gasteiger partial charge in [-0.15, -0.1) is 11.3 Å². The van der Waals surface area contributed by atoms with E-state index in [1.165, 1.54) is 16.6 Å². The fourth-order valence-electron chi connectivity index (χ4n) is 4.31. The van der Waals surface area contributed by atoms with Crippen LogP contribution >= 0.6 is 39.0 Å². The first-order chi connectivity index (χ1) is 18.0. The largest absolute Gasteiger partial charge is 0.493 e. The quantitative estimate of drug-likeness (QED) is 0.121. The molecule has 0 fully saturated rings. The molecule has 1 aliphatic rings. The molecule has 0 unspecified atom stereocenters. The van der Waals surface area contributed by atoms with Crippen LogP contribution < -0.4 is 15.7 Å². The van der Waals surface area contributed by atoms with E-state index in [4.69, 9.17) is 9.72 Å². The second-order valence-electron chi connectivity index (χ2n) is 8.46. The lowest BCUT2D eigenvalue weighted by molar-refractivity contribution is -0.118. The third kappa shape index (κ3) is 5.66. The first kappa shape index (κ1) is 25.7. The van der Waals surface area contributed by atoms with Crippen LogP contribution in [-0.2, 0) is 17.6 Å². The van der Waals surface area contributed by atoms with Crippen molar-refractivity contribution >= 4 is 61.4 Å². The van der Waals surface area contributed by atoms with E-state index in [0.717, 1.165) is 46.1 Å². The number of carbonyl (C=O) groups is 1. The minimum atomic E-state index is -0.294. The van der Waals surface area contributed by atoms with Crippen molar-refractivity contribution in [2.45, 2.75) is 37.8 Å². The number of nitrogens with zero attached hydrogens (tertiary/aromatic N) is 3. The Bertz CT molecular complexity index is 1530. The molecule has 2 aromatic heterocycles. The van der Waals surface area contributed by atoms with Crippen LogP contribution in [0.15, 0.2) is 68.1 Å². The number of fused-ring (bicyclic) bond motifs is 3. The summed E-state index contributed by atoms with van der Waals surface area (Å²) < 4.78 is 8.13. The molecule has 0 saturated carbocycles. The van der Waals surface area contributed by atoms with Gasteiger partial charge in [-0.05, 0) is 74.6 Å². The Morgan fingerprint density at radius 1 is 1.22 bits per heavy atom. The Balaban J connectivity index is 1.40. The Morgan fingerprint density at radius 3 is 2.81 bits per heavy atom. The van der Waals surface area contributed by atoms with Gasteiger partial charge >= 0.3 is 0 Å². The van der Waals surface area contributed by atoms with Crippen LogP contribution in [0.3, 0.4) is 0 Å². The van der Waals surface area contributed by atoms with Crippen LogP contribution in [-0.4, -0.2) is 34.0 Å². The van der Waals surface area contributed by atoms with Gasteiger partial charge in [0, 0.05) is 14.9 Å². The molecule has 0 bridgehead atoms. The van der Waals surface area contributed by atoms with Gasteiger partial charge in [0.05, 0.1) is 29.6 Å². The molecule has 2 aromatic carbocycles. The van der Waals surface area contributed by atoms with E-state index < -0.39 is 0 Å². The Kier molecular flexibility index (Phi) is 8.07. The second-order valence-corrected chi connectivity index (χ2v) is 11.4. The number of nitrogens with one attached hydrogen (secondary N) is 1. The van der Waals surface area contributed by atoms with Crippen molar-refractivity contribution in [1.29, 1.82) is 0 Å². The highest BCUT2D eigenvalue weighted by Gasteiger charge is 2.23. The molecule has 4 aromatic rings. The first-order valence-corrected chi connectivity index (χ1v) is 14.6. The second kappa shape index (κ2) is 11.6. The smallest absolute Gasteiger partial charge is 0.267 e. The predicted octanol–water partition coefficient (Wildman–Crippen LogP) is 5.73. The lowest BCUT2D eigenvalue weighted by Crippen LogP contribution is -2.24. The average molecular weight is 598 g/mol. The molecule has 37 heavy (non-hydrogen) atoms. The Morgan fingerprint density at radius 2 is 2.00 bits per heavy atom. The molecule has 7 nitrogen and oxygen atoms in total. The van der Waals surface area contributed by atoms with Crippen LogP contribution in [0, 0.1) is 0 Å². The number of hydrogen-bond acceptors (Lipinski definition) is 7. The van der Waals surface area contributed by atoms with Crippen molar-refractivity contribution in [3.63, 3.8) is 0 Å². The topological polar surface area (TPSA) is 85.6 Å². The number of para-hydroxylation sites is 1. The summed E-state index contributed by atoms with van der Waals surface area (Å²) in [7, 11) is 0. The standard InChI is InChI=1S/C27H25BrN4O3S2/c1-2-35-21-9-5-3-7-17(21)15-29-31-23(33)16-36-27-30-25-24(20-8-4-6-10-22(20)37-25)26(34)32(27)19-13-11-18(28)12-14-19/h3,5,7,9,11-15H,2,4,6,8,10,16H2,1H3,(H,31,33). The number of ether oxygens (including phenoxy) is 1. The van der Waals surface area contributed by atoms with Crippen molar-refractivity contribution in [1.82, 2.24) is 15.0 Å². The van der Waals surface area contributed by atoms with Gasteiger partial charge in [0.1, 0.15) is 10.6 Å². The molecular weight excluding hydrogens is 572 g/mol. The lowest BCUT2D eigenvalue weighted by Gasteiger charge is -2.13. The Labute approximate surface area is 231 Å². The number of hydrazone groups is 1. The van der Waals surface area contributed by atoms with E-state index in [-0.39, 0.29) is 17.2 Å². The summed E-state index contributed by atoms with van der Waals surface area (Å²) in [5.74, 6) is 0.466. The van der Waals surface area contributed by atoms with E-state index in [1.54, 1.807) is 22.1 Å². The molecule has 190 valence electrons. The van der Waals surface area contributed by atoms with Crippen LogP contribution in [0.5, 0.6) is 5.75 Å². The van der Waals surface area contributed by atoms with Crippen molar-refractivity contribution < 1.29 is 9.53 Å². The number of carbonyl (C=O) groups excluding carboxylic acids is 1. The molecule has 2 heterocycles. The summed E-state index contributed by atoms with van der Waals surface area (Å²) in [6.45, 7) is 2.45. The number of thiophene rings is 1. The van der Waals surface area contributed by atoms with Gasteiger partial charge < -0.3 is 4.74 Å². The van der Waals surface area contributed by atoms with E-state index in [0.29, 0.717) is 28.6 Å². The zero-order valence-corrected chi connectivity index (χ0v) is 23.4.